The van der Waals surface area contributed by atoms with Crippen LogP contribution in [0, 0.1) is 29.1 Å². The molecule has 5 rings (SSSR count). The summed E-state index contributed by atoms with van der Waals surface area (Å²) in [5.74, 6) is 4.92. The predicted molar refractivity (Wildman–Crippen MR) is 145 cm³/mol. The molecule has 1 atom stereocenters. The minimum Gasteiger partial charge on any atom is -0.465 e. The van der Waals surface area contributed by atoms with Crippen molar-refractivity contribution in [2.45, 2.75) is 102 Å². The van der Waals surface area contributed by atoms with E-state index in [1.807, 2.05) is 0 Å². The molecule has 3 saturated carbocycles. The summed E-state index contributed by atoms with van der Waals surface area (Å²) in [6, 6.07) is 1.48. The van der Waals surface area contributed by atoms with Crippen LogP contribution in [0.25, 0.3) is 0 Å². The lowest BCUT2D eigenvalue weighted by molar-refractivity contribution is -0.168. The molecular weight excluding hydrogens is 543 g/mol. The minimum atomic E-state index is -4.39. The van der Waals surface area contributed by atoms with Gasteiger partial charge in [-0.1, -0.05) is 18.8 Å². The van der Waals surface area contributed by atoms with Crippen molar-refractivity contribution in [1.29, 1.82) is 0 Å². The second kappa shape index (κ2) is 12.0. The van der Waals surface area contributed by atoms with Crippen molar-refractivity contribution >= 4 is 28.9 Å². The number of hydrogen-bond donors (Lipinski definition) is 0. The van der Waals surface area contributed by atoms with Gasteiger partial charge in [-0.15, -0.1) is 11.3 Å². The number of hydrogen-bond acceptors (Lipinski definition) is 6. The number of alkyl halides is 3. The molecule has 0 radical (unpaired) electrons. The fourth-order valence-corrected chi connectivity index (χ4v) is 7.10. The van der Waals surface area contributed by atoms with Crippen LogP contribution in [0.3, 0.4) is 0 Å². The third-order valence-corrected chi connectivity index (χ3v) is 9.96. The second-order valence-corrected chi connectivity index (χ2v) is 12.9. The fraction of sp³-hybridized carbons (Fsp3) is 0.733. The number of nitrogens with zero attached hydrogens (tertiary/aromatic N) is 1. The van der Waals surface area contributed by atoms with Crippen LogP contribution in [0.2, 0.25) is 0 Å². The SMILES string of the molecule is COC(=O)c1sc(C#CC2(C(F)(F)F)CC2)cc1N(C(=O)C1CCC(C)CC1)C1CCC(OC2CCOC2)CC1. The molecule has 4 fully saturated rings. The lowest BCUT2D eigenvalue weighted by atomic mass is 9.81. The zero-order chi connectivity index (χ0) is 28.5. The van der Waals surface area contributed by atoms with Gasteiger partial charge in [0.05, 0.1) is 36.5 Å². The van der Waals surface area contributed by atoms with Gasteiger partial charge >= 0.3 is 12.1 Å². The van der Waals surface area contributed by atoms with E-state index < -0.39 is 17.6 Å². The van der Waals surface area contributed by atoms with Crippen molar-refractivity contribution in [1.82, 2.24) is 0 Å². The van der Waals surface area contributed by atoms with E-state index in [1.54, 1.807) is 11.0 Å². The molecule has 1 saturated heterocycles. The zero-order valence-corrected chi connectivity index (χ0v) is 24.0. The zero-order valence-electron chi connectivity index (χ0n) is 23.2. The maximum Gasteiger partial charge on any atom is 0.405 e. The van der Waals surface area contributed by atoms with Crippen LogP contribution in [0.15, 0.2) is 6.07 Å². The summed E-state index contributed by atoms with van der Waals surface area (Å²) in [7, 11) is 1.27. The average Bonchev–Trinajstić information content (AvgIpc) is 3.37. The van der Waals surface area contributed by atoms with Gasteiger partial charge in [0.1, 0.15) is 10.3 Å². The number of amides is 1. The number of esters is 1. The van der Waals surface area contributed by atoms with Gasteiger partial charge < -0.3 is 19.1 Å². The van der Waals surface area contributed by atoms with Gasteiger partial charge in [-0.05, 0) is 82.6 Å². The van der Waals surface area contributed by atoms with Gasteiger partial charge in [0, 0.05) is 18.6 Å². The van der Waals surface area contributed by atoms with Gasteiger partial charge in [-0.3, -0.25) is 4.79 Å². The molecule has 1 amide bonds. The summed E-state index contributed by atoms with van der Waals surface area (Å²) in [5.41, 5.74) is -1.56. The first-order valence-electron chi connectivity index (χ1n) is 14.5. The normalized spacial score (nSPS) is 29.8. The van der Waals surface area contributed by atoms with Gasteiger partial charge in [-0.25, -0.2) is 4.79 Å². The molecule has 1 aromatic rings. The topological polar surface area (TPSA) is 65.1 Å². The Bertz CT molecular complexity index is 1130. The summed E-state index contributed by atoms with van der Waals surface area (Å²) < 4.78 is 57.2. The summed E-state index contributed by atoms with van der Waals surface area (Å²) in [6.45, 7) is 3.52. The van der Waals surface area contributed by atoms with Crippen molar-refractivity contribution in [2.75, 3.05) is 25.2 Å². The van der Waals surface area contributed by atoms with E-state index in [-0.39, 0.29) is 47.8 Å². The Labute approximate surface area is 237 Å². The molecule has 1 aromatic heterocycles. The van der Waals surface area contributed by atoms with Crippen LogP contribution >= 0.6 is 11.3 Å². The Balaban J connectivity index is 1.43. The molecule has 0 bridgehead atoms. The molecule has 0 N–H and O–H groups in total. The first-order valence-corrected chi connectivity index (χ1v) is 15.3. The molecule has 220 valence electrons. The Morgan fingerprint density at radius 2 is 1.75 bits per heavy atom. The minimum absolute atomic E-state index is 0.0168. The second-order valence-electron chi connectivity index (χ2n) is 11.9. The van der Waals surface area contributed by atoms with Crippen LogP contribution < -0.4 is 4.90 Å². The number of thiophene rings is 1. The van der Waals surface area contributed by atoms with Crippen LogP contribution in [0.5, 0.6) is 0 Å². The molecule has 40 heavy (non-hydrogen) atoms. The first kappa shape index (κ1) is 29.4. The highest BCUT2D eigenvalue weighted by molar-refractivity contribution is 7.15. The number of halogens is 3. The highest BCUT2D eigenvalue weighted by atomic mass is 32.1. The molecule has 0 spiro atoms. The molecule has 6 nitrogen and oxygen atoms in total. The van der Waals surface area contributed by atoms with Crippen molar-refractivity contribution < 1.29 is 37.0 Å². The summed E-state index contributed by atoms with van der Waals surface area (Å²) in [6.07, 6.45) is 3.16. The lowest BCUT2D eigenvalue weighted by Crippen LogP contribution is -2.47. The lowest BCUT2D eigenvalue weighted by Gasteiger charge is -2.40. The first-order chi connectivity index (χ1) is 19.1. The number of carbonyl (C=O) groups excluding carboxylic acids is 2. The number of carbonyl (C=O) groups is 2. The van der Waals surface area contributed by atoms with E-state index >= 15 is 0 Å². The van der Waals surface area contributed by atoms with E-state index in [4.69, 9.17) is 14.2 Å². The molecule has 10 heteroatoms. The van der Waals surface area contributed by atoms with Crippen molar-refractivity contribution in [3.8, 4) is 11.8 Å². The highest BCUT2D eigenvalue weighted by Gasteiger charge is 2.62. The number of anilines is 1. The molecule has 3 aliphatic carbocycles. The fourth-order valence-electron chi connectivity index (χ4n) is 6.18. The summed E-state index contributed by atoms with van der Waals surface area (Å²) >= 11 is 1.00. The third kappa shape index (κ3) is 6.37. The van der Waals surface area contributed by atoms with Gasteiger partial charge in [0.2, 0.25) is 5.91 Å². The van der Waals surface area contributed by atoms with Gasteiger partial charge in [-0.2, -0.15) is 13.2 Å². The molecular formula is C30H38F3NO5S. The van der Waals surface area contributed by atoms with Gasteiger partial charge in [0.15, 0.2) is 0 Å². The third-order valence-electron chi connectivity index (χ3n) is 8.94. The Kier molecular flexibility index (Phi) is 8.84. The molecule has 0 aromatic carbocycles. The monoisotopic (exact) mass is 581 g/mol. The van der Waals surface area contributed by atoms with Crippen LogP contribution in [0.1, 0.15) is 92.1 Å². The number of methoxy groups -OCH3 is 1. The van der Waals surface area contributed by atoms with Crippen molar-refractivity contribution in [3.63, 3.8) is 0 Å². The van der Waals surface area contributed by atoms with Crippen molar-refractivity contribution in [3.05, 3.63) is 15.8 Å². The molecule has 4 aliphatic rings. The van der Waals surface area contributed by atoms with Crippen LogP contribution in [-0.4, -0.2) is 56.6 Å². The Morgan fingerprint density at radius 1 is 1.05 bits per heavy atom. The summed E-state index contributed by atoms with van der Waals surface area (Å²) in [5, 5.41) is 0. The Morgan fingerprint density at radius 3 is 2.33 bits per heavy atom. The predicted octanol–water partition coefficient (Wildman–Crippen LogP) is 6.50. The largest absolute Gasteiger partial charge is 0.465 e. The van der Waals surface area contributed by atoms with E-state index in [2.05, 4.69) is 18.8 Å². The standard InChI is InChI=1S/C30H38F3NO5S/c1-19-3-5-20(6-4-19)27(35)34(21-7-9-22(10-8-21)39-23-12-16-38-18-23)25-17-24(40-26(25)28(36)37-2)11-13-29(14-15-29)30(31,32)33/h17,19-23H,3-10,12,14-16,18H2,1-2H3. The average molecular weight is 582 g/mol. The molecule has 1 aliphatic heterocycles. The smallest absolute Gasteiger partial charge is 0.405 e. The Hall–Kier alpha value is -2.09. The quantitative estimate of drug-likeness (QED) is 0.283. The maximum atomic E-state index is 14.1. The summed E-state index contributed by atoms with van der Waals surface area (Å²) in [4.78, 5) is 29.3. The van der Waals surface area contributed by atoms with E-state index in [1.165, 1.54) is 7.11 Å². The number of ether oxygens (including phenoxy) is 3. The number of rotatable bonds is 6. The van der Waals surface area contributed by atoms with E-state index in [0.29, 0.717) is 42.5 Å². The highest BCUT2D eigenvalue weighted by Crippen LogP contribution is 2.57. The molecule has 1 unspecified atom stereocenters. The van der Waals surface area contributed by atoms with Crippen LogP contribution in [0.4, 0.5) is 18.9 Å². The van der Waals surface area contributed by atoms with Crippen LogP contribution in [-0.2, 0) is 19.0 Å². The maximum absolute atomic E-state index is 14.1. The van der Waals surface area contributed by atoms with E-state index in [9.17, 15) is 22.8 Å². The van der Waals surface area contributed by atoms with Gasteiger partial charge in [0.25, 0.3) is 0 Å². The van der Waals surface area contributed by atoms with E-state index in [0.717, 1.165) is 56.3 Å². The molecule has 2 heterocycles. The van der Waals surface area contributed by atoms with Crippen molar-refractivity contribution in [2.24, 2.45) is 17.3 Å².